The van der Waals surface area contributed by atoms with Crippen molar-refractivity contribution >= 4 is 43.5 Å². The Morgan fingerprint density at radius 2 is 1.93 bits per heavy atom. The van der Waals surface area contributed by atoms with Crippen LogP contribution in [0.2, 0.25) is 0 Å². The molecular weight excluding hydrogens is 436 g/mol. The summed E-state index contributed by atoms with van der Waals surface area (Å²) in [5.41, 5.74) is 0.643. The largest absolute Gasteiger partial charge is 0.353 e. The molecule has 150 valence electrons. The lowest BCUT2D eigenvalue weighted by Gasteiger charge is -2.32. The third kappa shape index (κ3) is 5.06. The number of fused-ring (bicyclic) bond motifs is 1. The minimum atomic E-state index is -3.35. The highest BCUT2D eigenvalue weighted by atomic mass is 79.9. The summed E-state index contributed by atoms with van der Waals surface area (Å²) in [5.74, 6) is 1.03. The molecule has 10 nitrogen and oxygen atoms in total. The smallest absolute Gasteiger partial charge is 0.230 e. The van der Waals surface area contributed by atoms with Gasteiger partial charge in [0.2, 0.25) is 21.9 Å². The number of halogens is 1. The van der Waals surface area contributed by atoms with E-state index in [9.17, 15) is 8.42 Å². The topological polar surface area (TPSA) is 108 Å². The van der Waals surface area contributed by atoms with Crippen LogP contribution in [0.5, 0.6) is 0 Å². The van der Waals surface area contributed by atoms with Crippen molar-refractivity contribution in [1.82, 2.24) is 29.2 Å². The minimum Gasteiger partial charge on any atom is -0.353 e. The van der Waals surface area contributed by atoms with Crippen LogP contribution in [0, 0.1) is 0 Å². The molecule has 12 heteroatoms. The second kappa shape index (κ2) is 8.25. The standard InChI is InChI=1S/C15H25BrN8O2S/c1-11(2)21-27(25,26)9-4-17-14-20-15(23-7-5-22(3)6-8-23)19-13-12(16)10-18-24(13)14/h10-11,21H,4-9H2,1-3H3,(H,17,19,20). The lowest BCUT2D eigenvalue weighted by Crippen LogP contribution is -2.45. The molecule has 0 saturated carbocycles. The molecule has 2 N–H and O–H groups in total. The van der Waals surface area contributed by atoms with Crippen LogP contribution in [-0.2, 0) is 10.0 Å². The lowest BCUT2D eigenvalue weighted by molar-refractivity contribution is 0.311. The molecule has 27 heavy (non-hydrogen) atoms. The van der Waals surface area contributed by atoms with Crippen molar-refractivity contribution in [3.05, 3.63) is 10.7 Å². The average Bonchev–Trinajstić information content (AvgIpc) is 2.95. The molecule has 0 aromatic carbocycles. The summed E-state index contributed by atoms with van der Waals surface area (Å²) >= 11 is 3.46. The molecule has 1 aliphatic rings. The fourth-order valence-electron chi connectivity index (χ4n) is 2.82. The van der Waals surface area contributed by atoms with E-state index < -0.39 is 10.0 Å². The maximum atomic E-state index is 12.0. The van der Waals surface area contributed by atoms with Crippen LogP contribution in [0.1, 0.15) is 13.8 Å². The van der Waals surface area contributed by atoms with Crippen molar-refractivity contribution < 1.29 is 8.42 Å². The maximum Gasteiger partial charge on any atom is 0.230 e. The van der Waals surface area contributed by atoms with Gasteiger partial charge < -0.3 is 15.1 Å². The first-order chi connectivity index (χ1) is 12.7. The predicted molar refractivity (Wildman–Crippen MR) is 109 cm³/mol. The van der Waals surface area contributed by atoms with Crippen molar-refractivity contribution in [2.75, 3.05) is 55.7 Å². The Balaban J connectivity index is 1.79. The van der Waals surface area contributed by atoms with Gasteiger partial charge in [-0.15, -0.1) is 0 Å². The third-order valence-electron chi connectivity index (χ3n) is 4.17. The Kier molecular flexibility index (Phi) is 6.18. The van der Waals surface area contributed by atoms with E-state index in [2.05, 4.69) is 57.9 Å². The second-order valence-electron chi connectivity index (χ2n) is 6.88. The minimum absolute atomic E-state index is 0.0526. The van der Waals surface area contributed by atoms with Crippen molar-refractivity contribution in [1.29, 1.82) is 0 Å². The molecule has 1 aliphatic heterocycles. The van der Waals surface area contributed by atoms with Crippen LogP contribution < -0.4 is 14.9 Å². The fraction of sp³-hybridized carbons (Fsp3) is 0.667. The Bertz CT molecular complexity index is 893. The summed E-state index contributed by atoms with van der Waals surface area (Å²) < 4.78 is 28.9. The Morgan fingerprint density at radius 1 is 1.22 bits per heavy atom. The zero-order valence-corrected chi connectivity index (χ0v) is 18.1. The molecule has 1 saturated heterocycles. The normalized spacial score (nSPS) is 16.4. The van der Waals surface area contributed by atoms with Gasteiger partial charge in [-0.2, -0.15) is 19.6 Å². The number of hydrogen-bond acceptors (Lipinski definition) is 8. The van der Waals surface area contributed by atoms with Crippen molar-refractivity contribution in [2.45, 2.75) is 19.9 Å². The van der Waals surface area contributed by atoms with Gasteiger partial charge in [-0.3, -0.25) is 0 Å². The van der Waals surface area contributed by atoms with Gasteiger partial charge in [0.1, 0.15) is 0 Å². The van der Waals surface area contributed by atoms with E-state index >= 15 is 0 Å². The second-order valence-corrected chi connectivity index (χ2v) is 9.61. The number of aromatic nitrogens is 4. The van der Waals surface area contributed by atoms with Crippen LogP contribution >= 0.6 is 15.9 Å². The van der Waals surface area contributed by atoms with Crippen LogP contribution in [-0.4, -0.2) is 84.5 Å². The molecule has 0 unspecified atom stereocenters. The van der Waals surface area contributed by atoms with E-state index in [1.807, 2.05) is 0 Å². The lowest BCUT2D eigenvalue weighted by atomic mass is 10.3. The van der Waals surface area contributed by atoms with E-state index in [-0.39, 0.29) is 18.3 Å². The highest BCUT2D eigenvalue weighted by Crippen LogP contribution is 2.22. The molecule has 0 aliphatic carbocycles. The van der Waals surface area contributed by atoms with E-state index in [1.165, 1.54) is 0 Å². The monoisotopic (exact) mass is 460 g/mol. The zero-order chi connectivity index (χ0) is 19.6. The molecule has 0 amide bonds. The molecule has 2 aromatic rings. The average molecular weight is 461 g/mol. The maximum absolute atomic E-state index is 12.0. The van der Waals surface area contributed by atoms with Gasteiger partial charge in [0, 0.05) is 38.8 Å². The molecular formula is C15H25BrN8O2S. The summed E-state index contributed by atoms with van der Waals surface area (Å²) in [7, 11) is -1.26. The number of likely N-dealkylation sites (N-methyl/N-ethyl adjacent to an activating group) is 1. The summed E-state index contributed by atoms with van der Waals surface area (Å²) in [6.07, 6.45) is 1.65. The van der Waals surface area contributed by atoms with E-state index in [1.54, 1.807) is 24.6 Å². The predicted octanol–water partition coefficient (Wildman–Crippen LogP) is 0.378. The van der Waals surface area contributed by atoms with E-state index in [4.69, 9.17) is 0 Å². The van der Waals surface area contributed by atoms with Crippen LogP contribution in [0.15, 0.2) is 10.7 Å². The van der Waals surface area contributed by atoms with Crippen LogP contribution in [0.3, 0.4) is 0 Å². The number of sulfonamides is 1. The molecule has 0 atom stereocenters. The van der Waals surface area contributed by atoms with E-state index in [0.717, 1.165) is 30.7 Å². The number of rotatable bonds is 7. The van der Waals surface area contributed by atoms with Gasteiger partial charge >= 0.3 is 0 Å². The van der Waals surface area contributed by atoms with Crippen molar-refractivity contribution in [3.63, 3.8) is 0 Å². The van der Waals surface area contributed by atoms with Gasteiger partial charge in [0.25, 0.3) is 0 Å². The molecule has 2 aromatic heterocycles. The number of piperazine rings is 1. The molecule has 3 rings (SSSR count). The first-order valence-electron chi connectivity index (χ1n) is 8.84. The van der Waals surface area contributed by atoms with Gasteiger partial charge in [0.15, 0.2) is 5.65 Å². The Hall–Kier alpha value is -1.50. The fourth-order valence-corrected chi connectivity index (χ4v) is 4.37. The highest BCUT2D eigenvalue weighted by Gasteiger charge is 2.20. The molecule has 0 spiro atoms. The SMILES string of the molecule is CC(C)NS(=O)(=O)CCNc1nc(N2CCN(C)CC2)nc2c(Br)cnn12. The third-order valence-corrected chi connectivity index (χ3v) is 6.30. The molecule has 1 fully saturated rings. The highest BCUT2D eigenvalue weighted by molar-refractivity contribution is 9.10. The van der Waals surface area contributed by atoms with Gasteiger partial charge in [0.05, 0.1) is 16.4 Å². The van der Waals surface area contributed by atoms with Crippen molar-refractivity contribution in [2.24, 2.45) is 0 Å². The van der Waals surface area contributed by atoms with E-state index in [0.29, 0.717) is 17.5 Å². The van der Waals surface area contributed by atoms with Crippen LogP contribution in [0.25, 0.3) is 5.65 Å². The zero-order valence-electron chi connectivity index (χ0n) is 15.7. The van der Waals surface area contributed by atoms with Gasteiger partial charge in [-0.25, -0.2) is 13.1 Å². The number of nitrogens with one attached hydrogen (secondary N) is 2. The number of nitrogens with zero attached hydrogens (tertiary/aromatic N) is 6. The number of anilines is 2. The molecule has 0 radical (unpaired) electrons. The summed E-state index contributed by atoms with van der Waals surface area (Å²) in [6, 6.07) is -0.133. The van der Waals surface area contributed by atoms with Gasteiger partial charge in [-0.05, 0) is 36.8 Å². The first-order valence-corrected chi connectivity index (χ1v) is 11.3. The summed E-state index contributed by atoms with van der Waals surface area (Å²) in [4.78, 5) is 13.6. The number of hydrogen-bond donors (Lipinski definition) is 2. The molecule has 3 heterocycles. The summed E-state index contributed by atoms with van der Waals surface area (Å²) in [5, 5.41) is 7.36. The Labute approximate surface area is 167 Å². The van der Waals surface area contributed by atoms with Gasteiger partial charge in [-0.1, -0.05) is 0 Å². The van der Waals surface area contributed by atoms with Crippen LogP contribution in [0.4, 0.5) is 11.9 Å². The quantitative estimate of drug-likeness (QED) is 0.610. The summed E-state index contributed by atoms with van der Waals surface area (Å²) in [6.45, 7) is 7.36. The first kappa shape index (κ1) is 20.2. The Morgan fingerprint density at radius 3 is 2.59 bits per heavy atom. The molecule has 0 bridgehead atoms. The van der Waals surface area contributed by atoms with Crippen molar-refractivity contribution in [3.8, 4) is 0 Å².